The maximum Gasteiger partial charge on any atom is 0.232 e. The standard InChI is InChI=1S/C11H20N2O/c1-5-9(3)10(6-2)14-11-7-8-13(4)12-11/h7-10H,5-6H2,1-4H3/t9-,10?/m0/s1. The van der Waals surface area contributed by atoms with E-state index in [1.54, 1.807) is 4.68 Å². The molecule has 0 radical (unpaired) electrons. The number of rotatable bonds is 5. The lowest BCUT2D eigenvalue weighted by Crippen LogP contribution is -2.23. The summed E-state index contributed by atoms with van der Waals surface area (Å²) in [6, 6.07) is 1.91. The molecule has 0 bridgehead atoms. The van der Waals surface area contributed by atoms with Crippen LogP contribution in [-0.4, -0.2) is 15.9 Å². The smallest absolute Gasteiger partial charge is 0.232 e. The van der Waals surface area contributed by atoms with Crippen molar-refractivity contribution in [2.24, 2.45) is 13.0 Å². The van der Waals surface area contributed by atoms with Crippen LogP contribution in [0, 0.1) is 5.92 Å². The van der Waals surface area contributed by atoms with Crippen molar-refractivity contribution in [2.75, 3.05) is 0 Å². The summed E-state index contributed by atoms with van der Waals surface area (Å²) in [4.78, 5) is 0. The second-order valence-corrected chi connectivity index (χ2v) is 3.78. The van der Waals surface area contributed by atoms with Crippen LogP contribution in [0.15, 0.2) is 12.3 Å². The Morgan fingerprint density at radius 3 is 2.57 bits per heavy atom. The summed E-state index contributed by atoms with van der Waals surface area (Å²) in [6.45, 7) is 6.56. The minimum absolute atomic E-state index is 0.287. The van der Waals surface area contributed by atoms with Gasteiger partial charge in [-0.15, -0.1) is 5.10 Å². The highest BCUT2D eigenvalue weighted by Crippen LogP contribution is 2.17. The van der Waals surface area contributed by atoms with Crippen molar-refractivity contribution in [2.45, 2.75) is 39.7 Å². The predicted molar refractivity (Wildman–Crippen MR) is 57.4 cm³/mol. The summed E-state index contributed by atoms with van der Waals surface area (Å²) in [6.07, 6.45) is 4.37. The molecule has 1 unspecified atom stereocenters. The first kappa shape index (κ1) is 11.1. The Balaban J connectivity index is 2.56. The van der Waals surface area contributed by atoms with Gasteiger partial charge in [0.25, 0.3) is 0 Å². The first-order valence-electron chi connectivity index (χ1n) is 5.33. The van der Waals surface area contributed by atoms with E-state index < -0.39 is 0 Å². The van der Waals surface area contributed by atoms with Crippen molar-refractivity contribution in [3.05, 3.63) is 12.3 Å². The molecule has 0 aromatic carbocycles. The Morgan fingerprint density at radius 2 is 2.14 bits per heavy atom. The van der Waals surface area contributed by atoms with E-state index in [-0.39, 0.29) is 6.10 Å². The SMILES string of the molecule is CCC(Oc1ccn(C)n1)[C@@H](C)CC. The van der Waals surface area contributed by atoms with Gasteiger partial charge in [0.15, 0.2) is 0 Å². The van der Waals surface area contributed by atoms with Crippen LogP contribution in [0.1, 0.15) is 33.6 Å². The van der Waals surface area contributed by atoms with Gasteiger partial charge in [-0.3, -0.25) is 4.68 Å². The summed E-state index contributed by atoms with van der Waals surface area (Å²) in [5.41, 5.74) is 0. The third kappa shape index (κ3) is 2.76. The first-order chi connectivity index (χ1) is 6.67. The van der Waals surface area contributed by atoms with Crippen molar-refractivity contribution in [3.63, 3.8) is 0 Å². The monoisotopic (exact) mass is 196 g/mol. The molecule has 0 fully saturated rings. The van der Waals surface area contributed by atoms with Crippen LogP contribution in [0.25, 0.3) is 0 Å². The van der Waals surface area contributed by atoms with Gasteiger partial charge in [0.2, 0.25) is 5.88 Å². The Kier molecular flexibility index (Phi) is 3.98. The van der Waals surface area contributed by atoms with E-state index in [2.05, 4.69) is 25.9 Å². The topological polar surface area (TPSA) is 27.1 Å². The molecule has 0 amide bonds. The molecule has 2 atom stereocenters. The average molecular weight is 196 g/mol. The summed E-state index contributed by atoms with van der Waals surface area (Å²) in [7, 11) is 1.90. The van der Waals surface area contributed by atoms with Gasteiger partial charge in [0.1, 0.15) is 6.10 Å². The lowest BCUT2D eigenvalue weighted by molar-refractivity contribution is 0.129. The molecule has 0 spiro atoms. The fourth-order valence-electron chi connectivity index (χ4n) is 1.48. The van der Waals surface area contributed by atoms with Crippen LogP contribution in [0.3, 0.4) is 0 Å². The van der Waals surface area contributed by atoms with Gasteiger partial charge < -0.3 is 4.74 Å². The molecule has 1 aromatic heterocycles. The van der Waals surface area contributed by atoms with Gasteiger partial charge in [-0.1, -0.05) is 27.2 Å². The van der Waals surface area contributed by atoms with Crippen molar-refractivity contribution in [1.82, 2.24) is 9.78 Å². The number of nitrogens with zero attached hydrogens (tertiary/aromatic N) is 2. The van der Waals surface area contributed by atoms with Crippen molar-refractivity contribution in [1.29, 1.82) is 0 Å². The minimum atomic E-state index is 0.287. The summed E-state index contributed by atoms with van der Waals surface area (Å²) >= 11 is 0. The lowest BCUT2D eigenvalue weighted by Gasteiger charge is -2.21. The van der Waals surface area contributed by atoms with Gasteiger partial charge in [0, 0.05) is 19.3 Å². The second-order valence-electron chi connectivity index (χ2n) is 3.78. The number of hydrogen-bond donors (Lipinski definition) is 0. The Labute approximate surface area is 86.1 Å². The molecule has 0 saturated heterocycles. The summed E-state index contributed by atoms with van der Waals surface area (Å²) < 4.78 is 7.57. The van der Waals surface area contributed by atoms with Gasteiger partial charge in [-0.25, -0.2) is 0 Å². The summed E-state index contributed by atoms with van der Waals surface area (Å²) in [5.74, 6) is 1.32. The number of aromatic nitrogens is 2. The third-order valence-electron chi connectivity index (χ3n) is 2.64. The van der Waals surface area contributed by atoms with Crippen molar-refractivity contribution >= 4 is 0 Å². The molecular formula is C11H20N2O. The van der Waals surface area contributed by atoms with Crippen LogP contribution < -0.4 is 4.74 Å². The molecule has 3 heteroatoms. The fraction of sp³-hybridized carbons (Fsp3) is 0.727. The molecule has 80 valence electrons. The number of hydrogen-bond acceptors (Lipinski definition) is 2. The highest BCUT2D eigenvalue weighted by Gasteiger charge is 2.16. The van der Waals surface area contributed by atoms with Gasteiger partial charge in [-0.2, -0.15) is 0 Å². The van der Waals surface area contributed by atoms with E-state index in [1.807, 2.05) is 19.3 Å². The zero-order valence-electron chi connectivity index (χ0n) is 9.53. The van der Waals surface area contributed by atoms with E-state index in [0.717, 1.165) is 18.7 Å². The maximum absolute atomic E-state index is 5.81. The van der Waals surface area contributed by atoms with Crippen molar-refractivity contribution in [3.8, 4) is 5.88 Å². The molecule has 0 saturated carbocycles. The van der Waals surface area contributed by atoms with Crippen LogP contribution in [0.2, 0.25) is 0 Å². The average Bonchev–Trinajstić information content (AvgIpc) is 2.59. The molecule has 3 nitrogen and oxygen atoms in total. The molecule has 1 aromatic rings. The van der Waals surface area contributed by atoms with Gasteiger partial charge in [-0.05, 0) is 12.3 Å². The molecule has 0 N–H and O–H groups in total. The van der Waals surface area contributed by atoms with E-state index in [0.29, 0.717) is 5.92 Å². The third-order valence-corrected chi connectivity index (χ3v) is 2.64. The highest BCUT2D eigenvalue weighted by molar-refractivity contribution is 5.06. The molecular weight excluding hydrogens is 176 g/mol. The predicted octanol–water partition coefficient (Wildman–Crippen LogP) is 2.62. The van der Waals surface area contributed by atoms with Gasteiger partial charge >= 0.3 is 0 Å². The van der Waals surface area contributed by atoms with E-state index in [9.17, 15) is 0 Å². The van der Waals surface area contributed by atoms with E-state index >= 15 is 0 Å². The molecule has 0 aliphatic carbocycles. The molecule has 1 heterocycles. The Hall–Kier alpha value is -0.990. The zero-order valence-corrected chi connectivity index (χ0v) is 9.53. The maximum atomic E-state index is 5.81. The van der Waals surface area contributed by atoms with E-state index in [4.69, 9.17) is 4.74 Å². The quantitative estimate of drug-likeness (QED) is 0.724. The fourth-order valence-corrected chi connectivity index (χ4v) is 1.48. The Morgan fingerprint density at radius 1 is 1.43 bits per heavy atom. The van der Waals surface area contributed by atoms with Crippen LogP contribution in [-0.2, 0) is 7.05 Å². The normalized spacial score (nSPS) is 15.1. The molecule has 0 aliphatic rings. The number of ether oxygens (including phenoxy) is 1. The first-order valence-corrected chi connectivity index (χ1v) is 5.33. The second kappa shape index (κ2) is 5.03. The molecule has 0 aliphatic heterocycles. The zero-order chi connectivity index (χ0) is 10.6. The van der Waals surface area contributed by atoms with E-state index in [1.165, 1.54) is 0 Å². The highest BCUT2D eigenvalue weighted by atomic mass is 16.5. The van der Waals surface area contributed by atoms with Crippen LogP contribution in [0.5, 0.6) is 5.88 Å². The molecule has 1 rings (SSSR count). The van der Waals surface area contributed by atoms with Gasteiger partial charge in [0.05, 0.1) is 0 Å². The largest absolute Gasteiger partial charge is 0.473 e. The van der Waals surface area contributed by atoms with Crippen molar-refractivity contribution < 1.29 is 4.74 Å². The number of aryl methyl sites for hydroxylation is 1. The van der Waals surface area contributed by atoms with Crippen LogP contribution >= 0.6 is 0 Å². The minimum Gasteiger partial charge on any atom is -0.473 e. The summed E-state index contributed by atoms with van der Waals surface area (Å²) in [5, 5.41) is 4.21. The van der Waals surface area contributed by atoms with Crippen LogP contribution in [0.4, 0.5) is 0 Å². The lowest BCUT2D eigenvalue weighted by atomic mass is 10.00. The molecule has 14 heavy (non-hydrogen) atoms. The Bertz CT molecular complexity index is 270.